The van der Waals surface area contributed by atoms with Crippen molar-refractivity contribution in [2.75, 3.05) is 26.9 Å². The molecule has 2 aromatic heterocycles. The Labute approximate surface area is 345 Å². The number of pyridine rings is 2. The number of nitrogens with zero attached hydrogens (tertiary/aromatic N) is 2. The van der Waals surface area contributed by atoms with Crippen molar-refractivity contribution in [3.63, 3.8) is 0 Å². The molecule has 2 unspecified atom stereocenters. The molecule has 2 aliphatic rings. The van der Waals surface area contributed by atoms with Crippen molar-refractivity contribution in [2.45, 2.75) is 50.0 Å². The number of Topliss-reactive ketones (excluding diaryl/α,β-unsaturated/α-hetero) is 1. The minimum atomic E-state index is -0.738. The Morgan fingerprint density at radius 1 is 0.617 bits per heavy atom. The predicted octanol–water partition coefficient (Wildman–Crippen LogP) is 7.14. The maximum absolute atomic E-state index is 13.4. The number of methoxy groups -OCH3 is 1. The molecule has 0 spiro atoms. The normalized spacial score (nSPS) is 18.4. The molecule has 2 fully saturated rings. The quantitative estimate of drug-likeness (QED) is 0.108. The Morgan fingerprint density at radius 3 is 1.38 bits per heavy atom. The first-order valence-electron chi connectivity index (χ1n) is 19.7. The Kier molecular flexibility index (Phi) is 12.7. The van der Waals surface area contributed by atoms with Gasteiger partial charge in [-0.1, -0.05) is 60.7 Å². The van der Waals surface area contributed by atoms with Gasteiger partial charge in [-0.05, 0) is 108 Å². The largest absolute Gasteiger partial charge is 0.465 e. The summed E-state index contributed by atoms with van der Waals surface area (Å²) in [5, 5.41) is 8.94. The molecule has 2 atom stereocenters. The van der Waals surface area contributed by atoms with Crippen LogP contribution in [0.15, 0.2) is 143 Å². The molecule has 308 valence electrons. The van der Waals surface area contributed by atoms with Gasteiger partial charge in [0.25, 0.3) is 11.1 Å². The molecule has 12 heteroatoms. The van der Waals surface area contributed by atoms with Gasteiger partial charge in [0.1, 0.15) is 29.4 Å². The first kappa shape index (κ1) is 41.8. The SMILES string of the molecule is COC(=O)c1ccc(Cn2ccc(C3(c4ccc(F)cc4)CCCO3)cc2=O)cc1.O=C(CO)c1ccc(Cn2ccc(C3(c4ccc(F)cc4)CCCO3)cc2=O)cc1. The molecule has 4 aromatic carbocycles. The molecular weight excluding hydrogens is 771 g/mol. The average molecular weight is 815 g/mol. The lowest BCUT2D eigenvalue weighted by molar-refractivity contribution is 0.0355. The Hall–Kier alpha value is -6.34. The van der Waals surface area contributed by atoms with E-state index < -0.39 is 23.8 Å². The maximum atomic E-state index is 13.4. The number of aromatic nitrogens is 2. The molecular formula is C48H44F2N2O8. The summed E-state index contributed by atoms with van der Waals surface area (Å²) in [5.41, 5.74) is 4.08. The molecule has 60 heavy (non-hydrogen) atoms. The number of ketones is 1. The standard InChI is InChI=1S/2C24H22FNO4/c1-29-23(28)18-5-3-17(4-6-18)16-26-13-11-20(15-22(26)27)24(12-2-14-30-24)19-7-9-21(25)10-8-19;25-21-8-6-19(7-9-21)24(11-1-13-30-24)20-10-12-26(23(29)14-20)15-17-2-4-18(5-3-17)22(28)16-27/h3-11,13,15H,2,12,14,16H2,1H3;2-10,12,14,27H,1,11,13,15-16H2. The maximum Gasteiger partial charge on any atom is 0.337 e. The fourth-order valence-corrected chi connectivity index (χ4v) is 7.89. The van der Waals surface area contributed by atoms with Crippen LogP contribution in [0.5, 0.6) is 0 Å². The van der Waals surface area contributed by atoms with Gasteiger partial charge in [0.15, 0.2) is 5.78 Å². The number of ether oxygens (including phenoxy) is 3. The van der Waals surface area contributed by atoms with Gasteiger partial charge < -0.3 is 28.5 Å². The monoisotopic (exact) mass is 814 g/mol. The van der Waals surface area contributed by atoms with Gasteiger partial charge in [0, 0.05) is 43.3 Å². The molecule has 2 aliphatic heterocycles. The zero-order valence-electron chi connectivity index (χ0n) is 33.0. The van der Waals surface area contributed by atoms with E-state index in [9.17, 15) is 28.0 Å². The number of carbonyl (C=O) groups excluding carboxylic acids is 2. The summed E-state index contributed by atoms with van der Waals surface area (Å²) < 4.78 is 46.9. The van der Waals surface area contributed by atoms with Gasteiger partial charge in [0.2, 0.25) is 0 Å². The van der Waals surface area contributed by atoms with Gasteiger partial charge in [-0.3, -0.25) is 14.4 Å². The van der Waals surface area contributed by atoms with E-state index in [1.54, 1.807) is 106 Å². The Balaban J connectivity index is 0.000000181. The van der Waals surface area contributed by atoms with E-state index in [2.05, 4.69) is 0 Å². The van der Waals surface area contributed by atoms with E-state index >= 15 is 0 Å². The highest BCUT2D eigenvalue weighted by Gasteiger charge is 2.40. The summed E-state index contributed by atoms with van der Waals surface area (Å²) in [5.74, 6) is -1.36. The number of hydrogen-bond donors (Lipinski definition) is 1. The number of carbonyl (C=O) groups is 2. The molecule has 1 N–H and O–H groups in total. The molecule has 0 amide bonds. The topological polar surface area (TPSA) is 126 Å². The number of benzene rings is 4. The highest BCUT2D eigenvalue weighted by Crippen LogP contribution is 2.43. The van der Waals surface area contributed by atoms with Crippen molar-refractivity contribution in [3.05, 3.63) is 211 Å². The number of hydrogen-bond acceptors (Lipinski definition) is 8. The van der Waals surface area contributed by atoms with Crippen molar-refractivity contribution < 1.29 is 37.7 Å². The molecule has 0 radical (unpaired) electrons. The number of aliphatic hydroxyl groups is 1. The third-order valence-corrected chi connectivity index (χ3v) is 11.1. The summed E-state index contributed by atoms with van der Waals surface area (Å²) in [6, 6.07) is 33.2. The van der Waals surface area contributed by atoms with Gasteiger partial charge in [-0.25, -0.2) is 13.6 Å². The van der Waals surface area contributed by atoms with E-state index in [1.807, 2.05) is 12.1 Å². The minimum Gasteiger partial charge on any atom is -0.465 e. The smallest absolute Gasteiger partial charge is 0.337 e. The highest BCUT2D eigenvalue weighted by atomic mass is 19.1. The van der Waals surface area contributed by atoms with Crippen molar-refractivity contribution in [1.82, 2.24) is 9.13 Å². The molecule has 6 aromatic rings. The summed E-state index contributed by atoms with van der Waals surface area (Å²) in [6.07, 6.45) is 6.67. The molecule has 8 rings (SSSR count). The minimum absolute atomic E-state index is 0.151. The second-order valence-corrected chi connectivity index (χ2v) is 14.8. The van der Waals surface area contributed by atoms with Crippen LogP contribution in [0.2, 0.25) is 0 Å². The van der Waals surface area contributed by atoms with Crippen LogP contribution in [-0.4, -0.2) is 52.9 Å². The summed E-state index contributed by atoms with van der Waals surface area (Å²) >= 11 is 0. The van der Waals surface area contributed by atoms with Crippen molar-refractivity contribution >= 4 is 11.8 Å². The van der Waals surface area contributed by atoms with Crippen LogP contribution in [0.1, 0.15) is 79.8 Å². The highest BCUT2D eigenvalue weighted by molar-refractivity contribution is 5.96. The third-order valence-electron chi connectivity index (χ3n) is 11.1. The van der Waals surface area contributed by atoms with Crippen molar-refractivity contribution in [2.24, 2.45) is 0 Å². The van der Waals surface area contributed by atoms with Gasteiger partial charge in [-0.15, -0.1) is 0 Å². The van der Waals surface area contributed by atoms with E-state index in [-0.39, 0.29) is 28.5 Å². The van der Waals surface area contributed by atoms with Crippen LogP contribution < -0.4 is 11.1 Å². The molecule has 2 saturated heterocycles. The van der Waals surface area contributed by atoms with E-state index in [0.29, 0.717) is 37.4 Å². The lowest BCUT2D eigenvalue weighted by Crippen LogP contribution is -2.30. The first-order valence-corrected chi connectivity index (χ1v) is 19.7. The Morgan fingerprint density at radius 2 is 1.03 bits per heavy atom. The predicted molar refractivity (Wildman–Crippen MR) is 220 cm³/mol. The van der Waals surface area contributed by atoms with E-state index in [1.165, 1.54) is 31.4 Å². The zero-order chi connectivity index (χ0) is 42.3. The fourth-order valence-electron chi connectivity index (χ4n) is 7.89. The number of halogens is 2. The Bertz CT molecular complexity index is 2380. The molecule has 4 heterocycles. The van der Waals surface area contributed by atoms with Gasteiger partial charge in [0.05, 0.1) is 25.8 Å². The van der Waals surface area contributed by atoms with Crippen LogP contribution in [0.4, 0.5) is 8.78 Å². The summed E-state index contributed by atoms with van der Waals surface area (Å²) in [6.45, 7) is 1.38. The third kappa shape index (κ3) is 8.96. The van der Waals surface area contributed by atoms with Crippen molar-refractivity contribution in [3.8, 4) is 0 Å². The number of esters is 1. The molecule has 10 nitrogen and oxygen atoms in total. The number of rotatable bonds is 11. The lowest BCUT2D eigenvalue weighted by Gasteiger charge is -2.29. The van der Waals surface area contributed by atoms with Gasteiger partial charge >= 0.3 is 5.97 Å². The molecule has 0 saturated carbocycles. The molecule has 0 bridgehead atoms. The van der Waals surface area contributed by atoms with Crippen molar-refractivity contribution in [1.29, 1.82) is 0 Å². The van der Waals surface area contributed by atoms with E-state index in [0.717, 1.165) is 59.1 Å². The second kappa shape index (κ2) is 18.3. The van der Waals surface area contributed by atoms with Crippen LogP contribution in [-0.2, 0) is 38.5 Å². The summed E-state index contributed by atoms with van der Waals surface area (Å²) in [7, 11) is 1.34. The first-order chi connectivity index (χ1) is 29.0. The zero-order valence-corrected chi connectivity index (χ0v) is 33.0. The van der Waals surface area contributed by atoms with Crippen LogP contribution >= 0.6 is 0 Å². The second-order valence-electron chi connectivity index (χ2n) is 14.8. The molecule has 0 aliphatic carbocycles. The lowest BCUT2D eigenvalue weighted by atomic mass is 9.84. The average Bonchev–Trinajstić information content (AvgIpc) is 3.99. The van der Waals surface area contributed by atoms with E-state index in [4.69, 9.17) is 19.3 Å². The van der Waals surface area contributed by atoms with Gasteiger partial charge in [-0.2, -0.15) is 0 Å². The summed E-state index contributed by atoms with van der Waals surface area (Å²) in [4.78, 5) is 48.7. The van der Waals surface area contributed by atoms with Crippen LogP contribution in [0.3, 0.4) is 0 Å². The van der Waals surface area contributed by atoms with Crippen LogP contribution in [0, 0.1) is 11.6 Å². The van der Waals surface area contributed by atoms with Crippen LogP contribution in [0.25, 0.3) is 0 Å². The number of aliphatic hydroxyl groups excluding tert-OH is 1. The fraction of sp³-hybridized carbons (Fsp3) is 0.250.